The predicted octanol–water partition coefficient (Wildman–Crippen LogP) is 3.40. The molecule has 5 rings (SSSR count). The molecule has 0 saturated carbocycles. The van der Waals surface area contributed by atoms with Crippen LogP contribution in [0, 0.1) is 11.8 Å². The van der Waals surface area contributed by atoms with Crippen LogP contribution in [-0.4, -0.2) is 41.2 Å². The summed E-state index contributed by atoms with van der Waals surface area (Å²) in [6.45, 7) is 4.55. The number of methoxy groups -OCH3 is 1. The molecule has 4 heterocycles. The number of benzene rings is 1. The molecule has 2 unspecified atom stereocenters. The molecule has 3 aliphatic rings. The largest absolute Gasteiger partial charge is 0.497 e. The van der Waals surface area contributed by atoms with Crippen molar-refractivity contribution in [1.82, 2.24) is 9.88 Å². The first-order valence-corrected chi connectivity index (χ1v) is 9.06. The standard InChI is InChI=1S/C20H26N2O2/c1-3-13-12-22-9-7-14(13)10-19(22)20(23)16-6-8-21-18-5-4-15(24-2)11-17(16)18/h4-6,8,11,13-14,19-20,23H,3,7,9-10,12H2,1-2H3/t13?,14-,19-,20-/m0/s1. The van der Waals surface area contributed by atoms with Gasteiger partial charge in [0.1, 0.15) is 5.75 Å². The Morgan fingerprint density at radius 3 is 2.96 bits per heavy atom. The molecule has 1 N–H and O–H groups in total. The molecule has 24 heavy (non-hydrogen) atoms. The van der Waals surface area contributed by atoms with E-state index in [2.05, 4.69) is 16.8 Å². The van der Waals surface area contributed by atoms with Gasteiger partial charge in [-0.1, -0.05) is 13.3 Å². The summed E-state index contributed by atoms with van der Waals surface area (Å²) >= 11 is 0. The van der Waals surface area contributed by atoms with Crippen molar-refractivity contribution in [3.05, 3.63) is 36.0 Å². The normalized spacial score (nSPS) is 30.5. The van der Waals surface area contributed by atoms with E-state index in [1.807, 2.05) is 24.3 Å². The number of ether oxygens (including phenoxy) is 1. The second-order valence-corrected chi connectivity index (χ2v) is 7.24. The van der Waals surface area contributed by atoms with Crippen molar-refractivity contribution >= 4 is 10.9 Å². The minimum Gasteiger partial charge on any atom is -0.497 e. The number of fused-ring (bicyclic) bond motifs is 4. The van der Waals surface area contributed by atoms with Crippen molar-refractivity contribution in [2.75, 3.05) is 20.2 Å². The smallest absolute Gasteiger partial charge is 0.119 e. The van der Waals surface area contributed by atoms with Gasteiger partial charge < -0.3 is 9.84 Å². The number of hydrogen-bond donors (Lipinski definition) is 1. The highest BCUT2D eigenvalue weighted by atomic mass is 16.5. The van der Waals surface area contributed by atoms with Gasteiger partial charge in [0.2, 0.25) is 0 Å². The molecule has 4 nitrogen and oxygen atoms in total. The van der Waals surface area contributed by atoms with Gasteiger partial charge in [-0.2, -0.15) is 0 Å². The molecule has 0 radical (unpaired) electrons. The van der Waals surface area contributed by atoms with Crippen molar-refractivity contribution in [1.29, 1.82) is 0 Å². The highest BCUT2D eigenvalue weighted by Gasteiger charge is 2.42. The quantitative estimate of drug-likeness (QED) is 0.935. The van der Waals surface area contributed by atoms with Gasteiger partial charge in [-0.05, 0) is 61.1 Å². The lowest BCUT2D eigenvalue weighted by Gasteiger charge is -2.51. The van der Waals surface area contributed by atoms with Gasteiger partial charge in [-0.25, -0.2) is 0 Å². The summed E-state index contributed by atoms with van der Waals surface area (Å²) in [7, 11) is 1.67. The lowest BCUT2D eigenvalue weighted by molar-refractivity contribution is -0.0562. The second kappa shape index (κ2) is 6.34. The van der Waals surface area contributed by atoms with E-state index in [0.29, 0.717) is 0 Å². The molecular formula is C20H26N2O2. The molecule has 3 fully saturated rings. The SMILES string of the molecule is CCC1CN2CC[C@H]1C[C@H]2[C@@H](O)c1ccnc2ccc(OC)cc12. The second-order valence-electron chi connectivity index (χ2n) is 7.24. The van der Waals surface area contributed by atoms with Gasteiger partial charge in [0.15, 0.2) is 0 Å². The summed E-state index contributed by atoms with van der Waals surface area (Å²) in [5.41, 5.74) is 1.89. The zero-order valence-electron chi connectivity index (χ0n) is 14.5. The number of hydrogen-bond acceptors (Lipinski definition) is 4. The van der Waals surface area contributed by atoms with E-state index in [9.17, 15) is 5.11 Å². The fourth-order valence-electron chi connectivity index (χ4n) is 4.71. The van der Waals surface area contributed by atoms with E-state index in [-0.39, 0.29) is 6.04 Å². The summed E-state index contributed by atoms with van der Waals surface area (Å²) in [5, 5.41) is 12.2. The topological polar surface area (TPSA) is 45.6 Å². The van der Waals surface area contributed by atoms with Crippen LogP contribution in [0.4, 0.5) is 0 Å². The van der Waals surface area contributed by atoms with Gasteiger partial charge in [0, 0.05) is 24.2 Å². The summed E-state index contributed by atoms with van der Waals surface area (Å²) < 4.78 is 5.36. The van der Waals surface area contributed by atoms with Gasteiger partial charge in [0.05, 0.1) is 18.7 Å². The van der Waals surface area contributed by atoms with Gasteiger partial charge in [-0.15, -0.1) is 0 Å². The van der Waals surface area contributed by atoms with E-state index < -0.39 is 6.10 Å². The van der Waals surface area contributed by atoms with E-state index in [4.69, 9.17) is 4.74 Å². The van der Waals surface area contributed by atoms with Crippen molar-refractivity contribution in [3.8, 4) is 5.75 Å². The van der Waals surface area contributed by atoms with Gasteiger partial charge in [0.25, 0.3) is 0 Å². The van der Waals surface area contributed by atoms with Crippen LogP contribution in [-0.2, 0) is 0 Å². The Hall–Kier alpha value is -1.65. The molecule has 1 aromatic heterocycles. The Labute approximate surface area is 143 Å². The van der Waals surface area contributed by atoms with Crippen LogP contribution in [0.1, 0.15) is 37.9 Å². The third-order valence-electron chi connectivity index (χ3n) is 6.13. The van der Waals surface area contributed by atoms with E-state index in [0.717, 1.165) is 53.6 Å². The third-order valence-corrected chi connectivity index (χ3v) is 6.13. The molecule has 5 atom stereocenters. The minimum atomic E-state index is -0.469. The maximum Gasteiger partial charge on any atom is 0.119 e. The van der Waals surface area contributed by atoms with Crippen molar-refractivity contribution in [2.24, 2.45) is 11.8 Å². The Balaban J connectivity index is 1.68. The van der Waals surface area contributed by atoms with Crippen molar-refractivity contribution < 1.29 is 9.84 Å². The molecule has 0 amide bonds. The first kappa shape index (κ1) is 15.9. The van der Waals surface area contributed by atoms with Crippen LogP contribution in [0.15, 0.2) is 30.5 Å². The van der Waals surface area contributed by atoms with E-state index >= 15 is 0 Å². The molecule has 3 aliphatic heterocycles. The first-order valence-electron chi connectivity index (χ1n) is 9.06. The maximum absolute atomic E-state index is 11.2. The van der Waals surface area contributed by atoms with Gasteiger partial charge >= 0.3 is 0 Å². The lowest BCUT2D eigenvalue weighted by Crippen LogP contribution is -2.55. The molecule has 3 saturated heterocycles. The first-order chi connectivity index (χ1) is 11.7. The summed E-state index contributed by atoms with van der Waals surface area (Å²) in [6, 6.07) is 8.07. The summed E-state index contributed by atoms with van der Waals surface area (Å²) in [5.74, 6) is 2.37. The molecule has 2 bridgehead atoms. The van der Waals surface area contributed by atoms with Crippen molar-refractivity contribution in [3.63, 3.8) is 0 Å². The summed E-state index contributed by atoms with van der Waals surface area (Å²) in [4.78, 5) is 6.94. The number of nitrogens with zero attached hydrogens (tertiary/aromatic N) is 2. The van der Waals surface area contributed by atoms with Crippen LogP contribution in [0.2, 0.25) is 0 Å². The number of rotatable bonds is 4. The lowest BCUT2D eigenvalue weighted by atomic mass is 9.72. The van der Waals surface area contributed by atoms with E-state index in [1.165, 1.54) is 12.8 Å². The Morgan fingerprint density at radius 2 is 2.25 bits per heavy atom. The van der Waals surface area contributed by atoms with Crippen LogP contribution in [0.5, 0.6) is 5.75 Å². The number of aromatic nitrogens is 1. The Morgan fingerprint density at radius 1 is 1.38 bits per heavy atom. The summed E-state index contributed by atoms with van der Waals surface area (Å²) in [6.07, 6.45) is 4.97. The van der Waals surface area contributed by atoms with Crippen molar-refractivity contribution in [2.45, 2.75) is 38.3 Å². The highest BCUT2D eigenvalue weighted by Crippen LogP contribution is 2.42. The number of piperidine rings is 3. The van der Waals surface area contributed by atoms with Gasteiger partial charge in [-0.3, -0.25) is 9.88 Å². The molecule has 2 aromatic rings. The fourth-order valence-corrected chi connectivity index (χ4v) is 4.71. The Kier molecular flexibility index (Phi) is 4.19. The molecular weight excluding hydrogens is 300 g/mol. The Bertz CT molecular complexity index is 733. The van der Waals surface area contributed by atoms with Crippen LogP contribution < -0.4 is 4.74 Å². The third kappa shape index (κ3) is 2.58. The van der Waals surface area contributed by atoms with Crippen LogP contribution in [0.25, 0.3) is 10.9 Å². The molecule has 1 aromatic carbocycles. The van der Waals surface area contributed by atoms with Crippen LogP contribution >= 0.6 is 0 Å². The maximum atomic E-state index is 11.2. The molecule has 128 valence electrons. The molecule has 0 aliphatic carbocycles. The zero-order chi connectivity index (χ0) is 16.7. The number of aliphatic hydroxyl groups is 1. The fraction of sp³-hybridized carbons (Fsp3) is 0.550. The van der Waals surface area contributed by atoms with E-state index in [1.54, 1.807) is 13.3 Å². The average molecular weight is 326 g/mol. The molecule has 0 spiro atoms. The number of pyridine rings is 1. The minimum absolute atomic E-state index is 0.225. The highest BCUT2D eigenvalue weighted by molar-refractivity contribution is 5.83. The average Bonchev–Trinajstić information content (AvgIpc) is 2.66. The zero-order valence-corrected chi connectivity index (χ0v) is 14.5. The van der Waals surface area contributed by atoms with Crippen LogP contribution in [0.3, 0.4) is 0 Å². The monoisotopic (exact) mass is 326 g/mol. The number of aliphatic hydroxyl groups excluding tert-OH is 1. The predicted molar refractivity (Wildman–Crippen MR) is 95.1 cm³/mol. The molecule has 4 heteroatoms.